The van der Waals surface area contributed by atoms with Crippen LogP contribution in [0.4, 0.5) is 0 Å². The Bertz CT molecular complexity index is 503. The normalized spacial score (nSPS) is 12.3. The van der Waals surface area contributed by atoms with Crippen molar-refractivity contribution in [3.63, 3.8) is 0 Å². The van der Waals surface area contributed by atoms with Crippen LogP contribution in [0, 0.1) is 0 Å². The second-order valence-corrected chi connectivity index (χ2v) is 5.62. The van der Waals surface area contributed by atoms with Crippen molar-refractivity contribution in [2.24, 2.45) is 0 Å². The molecule has 0 aliphatic rings. The van der Waals surface area contributed by atoms with E-state index in [9.17, 15) is 0 Å². The van der Waals surface area contributed by atoms with E-state index in [1.807, 2.05) is 12.5 Å². The zero-order chi connectivity index (χ0) is 16.9. The summed E-state index contributed by atoms with van der Waals surface area (Å²) in [5.74, 6) is 0. The van der Waals surface area contributed by atoms with Gasteiger partial charge in [0.15, 0.2) is 0 Å². The van der Waals surface area contributed by atoms with Gasteiger partial charge in [0, 0.05) is 20.1 Å². The fourth-order valence-corrected chi connectivity index (χ4v) is 2.03. The first kappa shape index (κ1) is 19.3. The van der Waals surface area contributed by atoms with Crippen molar-refractivity contribution >= 4 is 11.1 Å². The standard InChI is InChI=1S/C20H30O3/c1-5-6-12-22-15-17(2)19-9-7-10-20(14-19)18(3)16-23-13-8-11-21-4/h7,9-10,14-16H,5-6,8,11-13H2,1-4H3. The molecule has 0 aromatic heterocycles. The number of ether oxygens (including phenoxy) is 3. The minimum Gasteiger partial charge on any atom is -0.501 e. The molecule has 0 spiro atoms. The highest BCUT2D eigenvalue weighted by molar-refractivity contribution is 5.70. The maximum atomic E-state index is 5.58. The summed E-state index contributed by atoms with van der Waals surface area (Å²) in [5, 5.41) is 0. The lowest BCUT2D eigenvalue weighted by atomic mass is 10.0. The van der Waals surface area contributed by atoms with Gasteiger partial charge < -0.3 is 14.2 Å². The largest absolute Gasteiger partial charge is 0.501 e. The Kier molecular flexibility index (Phi) is 9.89. The van der Waals surface area contributed by atoms with Crippen LogP contribution in [0.25, 0.3) is 11.1 Å². The Balaban J connectivity index is 2.62. The maximum Gasteiger partial charge on any atom is 0.0895 e. The molecule has 0 unspecified atom stereocenters. The third-order valence-corrected chi connectivity index (χ3v) is 3.52. The number of rotatable bonds is 11. The zero-order valence-corrected chi connectivity index (χ0v) is 14.9. The summed E-state index contributed by atoms with van der Waals surface area (Å²) in [4.78, 5) is 0. The predicted molar refractivity (Wildman–Crippen MR) is 97.0 cm³/mol. The molecular weight excluding hydrogens is 288 g/mol. The number of hydrogen-bond acceptors (Lipinski definition) is 3. The summed E-state index contributed by atoms with van der Waals surface area (Å²) < 4.78 is 16.1. The molecule has 23 heavy (non-hydrogen) atoms. The lowest BCUT2D eigenvalue weighted by Gasteiger charge is -2.08. The molecule has 128 valence electrons. The van der Waals surface area contributed by atoms with Crippen LogP contribution in [-0.2, 0) is 14.2 Å². The van der Waals surface area contributed by atoms with Gasteiger partial charge in [-0.1, -0.05) is 31.5 Å². The molecule has 0 N–H and O–H groups in total. The molecule has 1 aromatic rings. The van der Waals surface area contributed by atoms with E-state index in [-0.39, 0.29) is 0 Å². The zero-order valence-electron chi connectivity index (χ0n) is 14.9. The van der Waals surface area contributed by atoms with Crippen molar-refractivity contribution in [3.8, 4) is 0 Å². The minimum atomic E-state index is 0.676. The number of allylic oxidation sites excluding steroid dienone is 2. The number of methoxy groups -OCH3 is 1. The first-order valence-corrected chi connectivity index (χ1v) is 8.35. The summed E-state index contributed by atoms with van der Waals surface area (Å²) in [6.07, 6.45) is 6.82. The Morgan fingerprint density at radius 3 is 2.00 bits per heavy atom. The van der Waals surface area contributed by atoms with Gasteiger partial charge in [0.25, 0.3) is 0 Å². The van der Waals surface area contributed by atoms with E-state index < -0.39 is 0 Å². The van der Waals surface area contributed by atoms with Crippen LogP contribution in [0.3, 0.4) is 0 Å². The highest BCUT2D eigenvalue weighted by atomic mass is 16.5. The van der Waals surface area contributed by atoms with Crippen molar-refractivity contribution in [1.82, 2.24) is 0 Å². The second kappa shape index (κ2) is 11.8. The third-order valence-electron chi connectivity index (χ3n) is 3.52. The quantitative estimate of drug-likeness (QED) is 0.410. The van der Waals surface area contributed by atoms with E-state index >= 15 is 0 Å². The number of benzene rings is 1. The van der Waals surface area contributed by atoms with Gasteiger partial charge >= 0.3 is 0 Å². The third kappa shape index (κ3) is 7.89. The highest BCUT2D eigenvalue weighted by Gasteiger charge is 2.01. The van der Waals surface area contributed by atoms with E-state index in [0.717, 1.165) is 49.2 Å². The lowest BCUT2D eigenvalue weighted by Crippen LogP contribution is -1.95. The molecule has 0 radical (unpaired) electrons. The van der Waals surface area contributed by atoms with E-state index in [0.29, 0.717) is 6.61 Å². The van der Waals surface area contributed by atoms with Crippen LogP contribution in [-0.4, -0.2) is 26.9 Å². The van der Waals surface area contributed by atoms with Crippen molar-refractivity contribution in [3.05, 3.63) is 47.9 Å². The minimum absolute atomic E-state index is 0.676. The van der Waals surface area contributed by atoms with E-state index in [2.05, 4.69) is 45.0 Å². The molecular formula is C20H30O3. The molecule has 3 heteroatoms. The lowest BCUT2D eigenvalue weighted by molar-refractivity contribution is 0.157. The Morgan fingerprint density at radius 1 is 0.913 bits per heavy atom. The van der Waals surface area contributed by atoms with E-state index in [1.54, 1.807) is 7.11 Å². The van der Waals surface area contributed by atoms with Gasteiger partial charge in [0.1, 0.15) is 0 Å². The van der Waals surface area contributed by atoms with Crippen molar-refractivity contribution < 1.29 is 14.2 Å². The van der Waals surface area contributed by atoms with Crippen LogP contribution in [0.5, 0.6) is 0 Å². The Hall–Kier alpha value is -1.74. The van der Waals surface area contributed by atoms with Crippen LogP contribution in [0.15, 0.2) is 36.8 Å². The molecule has 0 amide bonds. The second-order valence-electron chi connectivity index (χ2n) is 5.62. The Labute approximate surface area is 141 Å². The molecule has 0 atom stereocenters. The smallest absolute Gasteiger partial charge is 0.0895 e. The van der Waals surface area contributed by atoms with Gasteiger partial charge in [0.2, 0.25) is 0 Å². The van der Waals surface area contributed by atoms with Crippen LogP contribution < -0.4 is 0 Å². The first-order valence-electron chi connectivity index (χ1n) is 8.35. The molecule has 0 saturated carbocycles. The maximum absolute atomic E-state index is 5.58. The van der Waals surface area contributed by atoms with Gasteiger partial charge in [-0.25, -0.2) is 0 Å². The molecule has 1 rings (SSSR count). The summed E-state index contributed by atoms with van der Waals surface area (Å²) in [6, 6.07) is 8.43. The molecule has 0 aliphatic carbocycles. The van der Waals surface area contributed by atoms with E-state index in [1.165, 1.54) is 5.56 Å². The average molecular weight is 318 g/mol. The van der Waals surface area contributed by atoms with Gasteiger partial charge in [-0.15, -0.1) is 0 Å². The number of unbranched alkanes of at least 4 members (excludes halogenated alkanes) is 1. The molecule has 0 aliphatic heterocycles. The van der Waals surface area contributed by atoms with Gasteiger partial charge in [-0.05, 0) is 48.6 Å². The van der Waals surface area contributed by atoms with Crippen molar-refractivity contribution in [2.45, 2.75) is 40.0 Å². The molecule has 3 nitrogen and oxygen atoms in total. The monoisotopic (exact) mass is 318 g/mol. The summed E-state index contributed by atoms with van der Waals surface area (Å²) in [7, 11) is 1.70. The van der Waals surface area contributed by atoms with Crippen molar-refractivity contribution in [1.29, 1.82) is 0 Å². The predicted octanol–water partition coefficient (Wildman–Crippen LogP) is 5.28. The summed E-state index contributed by atoms with van der Waals surface area (Å²) in [5.41, 5.74) is 4.59. The van der Waals surface area contributed by atoms with Crippen LogP contribution in [0.1, 0.15) is 51.2 Å². The summed E-state index contributed by atoms with van der Waals surface area (Å²) in [6.45, 7) is 8.48. The fourth-order valence-electron chi connectivity index (χ4n) is 2.03. The highest BCUT2D eigenvalue weighted by Crippen LogP contribution is 2.20. The molecule has 0 bridgehead atoms. The van der Waals surface area contributed by atoms with E-state index in [4.69, 9.17) is 14.2 Å². The summed E-state index contributed by atoms with van der Waals surface area (Å²) >= 11 is 0. The van der Waals surface area contributed by atoms with Gasteiger partial charge in [0.05, 0.1) is 25.7 Å². The van der Waals surface area contributed by atoms with Crippen molar-refractivity contribution in [2.75, 3.05) is 26.9 Å². The average Bonchev–Trinajstić information content (AvgIpc) is 2.58. The van der Waals surface area contributed by atoms with Crippen LogP contribution >= 0.6 is 0 Å². The Morgan fingerprint density at radius 2 is 1.48 bits per heavy atom. The van der Waals surface area contributed by atoms with Gasteiger partial charge in [-0.3, -0.25) is 0 Å². The van der Waals surface area contributed by atoms with Crippen LogP contribution in [0.2, 0.25) is 0 Å². The molecule has 0 fully saturated rings. The fraction of sp³-hybridized carbons (Fsp3) is 0.500. The number of hydrogen-bond donors (Lipinski definition) is 0. The van der Waals surface area contributed by atoms with Gasteiger partial charge in [-0.2, -0.15) is 0 Å². The molecule has 0 heterocycles. The topological polar surface area (TPSA) is 27.7 Å². The SMILES string of the molecule is CCCCOC=C(C)c1cccc(C(C)=COCCCOC)c1. The molecule has 1 aromatic carbocycles. The first-order chi connectivity index (χ1) is 11.2. The molecule has 0 saturated heterocycles.